The summed E-state index contributed by atoms with van der Waals surface area (Å²) in [6.45, 7) is 1.65. The number of hydrogen-bond donors (Lipinski definition) is 2. The van der Waals surface area contributed by atoms with E-state index in [2.05, 4.69) is 15.0 Å². The highest BCUT2D eigenvalue weighted by Gasteiger charge is 2.20. The van der Waals surface area contributed by atoms with Crippen molar-refractivity contribution in [2.24, 2.45) is 0 Å². The number of rotatable bonds is 6. The van der Waals surface area contributed by atoms with Crippen LogP contribution < -0.4 is 10.0 Å². The first-order chi connectivity index (χ1) is 13.3. The molecule has 2 N–H and O–H groups in total. The molecule has 0 aliphatic rings. The maximum absolute atomic E-state index is 12.8. The van der Waals surface area contributed by atoms with Crippen LogP contribution in [0.2, 0.25) is 5.02 Å². The van der Waals surface area contributed by atoms with Gasteiger partial charge in [0.05, 0.1) is 20.5 Å². The molecule has 0 spiro atoms. The average Bonchev–Trinajstić information content (AvgIpc) is 2.65. The first kappa shape index (κ1) is 19.6. The fourth-order valence-electron chi connectivity index (χ4n) is 2.49. The zero-order valence-corrected chi connectivity index (χ0v) is 16.2. The molecule has 0 bridgehead atoms. The minimum atomic E-state index is -3.94. The third-order valence-corrected chi connectivity index (χ3v) is 5.68. The number of aromatic nitrogens is 1. The van der Waals surface area contributed by atoms with Crippen molar-refractivity contribution in [2.45, 2.75) is 11.8 Å². The fourth-order valence-corrected chi connectivity index (χ4v) is 4.08. The number of para-hydroxylation sites is 1. The van der Waals surface area contributed by atoms with Gasteiger partial charge in [0.1, 0.15) is 0 Å². The minimum absolute atomic E-state index is 0.0102. The lowest BCUT2D eigenvalue weighted by Crippen LogP contribution is -2.15. The highest BCUT2D eigenvalue weighted by atomic mass is 35.5. The van der Waals surface area contributed by atoms with Gasteiger partial charge in [-0.1, -0.05) is 29.8 Å². The van der Waals surface area contributed by atoms with E-state index in [1.54, 1.807) is 43.3 Å². The van der Waals surface area contributed by atoms with Gasteiger partial charge < -0.3 is 5.32 Å². The first-order valence-electron chi connectivity index (χ1n) is 8.02. The van der Waals surface area contributed by atoms with Crippen LogP contribution in [0, 0.1) is 17.0 Å². The fraction of sp³-hybridized carbons (Fsp3) is 0.0556. The highest BCUT2D eigenvalue weighted by Crippen LogP contribution is 2.29. The normalized spacial score (nSPS) is 11.1. The molecule has 28 heavy (non-hydrogen) atoms. The summed E-state index contributed by atoms with van der Waals surface area (Å²) in [4.78, 5) is 14.5. The van der Waals surface area contributed by atoms with Gasteiger partial charge in [-0.2, -0.15) is 0 Å². The average molecular weight is 419 g/mol. The van der Waals surface area contributed by atoms with Crippen molar-refractivity contribution in [1.29, 1.82) is 0 Å². The van der Waals surface area contributed by atoms with E-state index in [0.717, 1.165) is 0 Å². The van der Waals surface area contributed by atoms with Crippen LogP contribution in [0.15, 0.2) is 65.7 Å². The summed E-state index contributed by atoms with van der Waals surface area (Å²) in [5.41, 5.74) is 0.872. The Kier molecular flexibility index (Phi) is 5.48. The lowest BCUT2D eigenvalue weighted by atomic mass is 10.2. The van der Waals surface area contributed by atoms with E-state index < -0.39 is 14.9 Å². The van der Waals surface area contributed by atoms with Crippen LogP contribution in [0.5, 0.6) is 0 Å². The number of sulfonamides is 1. The maximum Gasteiger partial charge on any atom is 0.311 e. The van der Waals surface area contributed by atoms with Gasteiger partial charge in [0.15, 0.2) is 0 Å². The lowest BCUT2D eigenvalue weighted by Gasteiger charge is -2.13. The van der Waals surface area contributed by atoms with Gasteiger partial charge in [-0.15, -0.1) is 0 Å². The zero-order valence-electron chi connectivity index (χ0n) is 14.6. The second-order valence-electron chi connectivity index (χ2n) is 5.82. The molecule has 0 unspecified atom stereocenters. The number of aryl methyl sites for hydroxylation is 1. The molecule has 1 aromatic heterocycles. The monoisotopic (exact) mass is 418 g/mol. The Labute approximate surface area is 166 Å². The van der Waals surface area contributed by atoms with Gasteiger partial charge in [0, 0.05) is 18.0 Å². The predicted octanol–water partition coefficient (Wildman–Crippen LogP) is 4.50. The van der Waals surface area contributed by atoms with Gasteiger partial charge in [0.25, 0.3) is 10.0 Å². The van der Waals surface area contributed by atoms with Gasteiger partial charge in [-0.25, -0.2) is 13.4 Å². The van der Waals surface area contributed by atoms with Crippen LogP contribution in [0.25, 0.3) is 0 Å². The van der Waals surface area contributed by atoms with Gasteiger partial charge in [-0.3, -0.25) is 14.8 Å². The van der Waals surface area contributed by atoms with Crippen molar-refractivity contribution in [2.75, 3.05) is 10.0 Å². The molecule has 0 fully saturated rings. The number of nitro groups is 1. The zero-order chi connectivity index (χ0) is 20.3. The van der Waals surface area contributed by atoms with Crippen molar-refractivity contribution < 1.29 is 13.3 Å². The lowest BCUT2D eigenvalue weighted by molar-refractivity contribution is -0.384. The number of hydrogen-bond acceptors (Lipinski definition) is 6. The van der Waals surface area contributed by atoms with Crippen LogP contribution in [0.4, 0.5) is 22.9 Å². The predicted molar refractivity (Wildman–Crippen MR) is 108 cm³/mol. The third-order valence-electron chi connectivity index (χ3n) is 3.84. The quantitative estimate of drug-likeness (QED) is 0.450. The standard InChI is InChI=1S/C18H15ClN4O4S/c1-12-8-9-13(21-18-16(23(24)25)7-4-10-20-18)11-17(12)28(26,27)22-15-6-3-2-5-14(15)19/h2-11,22H,1H3,(H,20,21). The number of anilines is 3. The van der Waals surface area contributed by atoms with Crippen LogP contribution in [-0.4, -0.2) is 18.3 Å². The number of nitrogens with one attached hydrogen (secondary N) is 2. The van der Waals surface area contributed by atoms with E-state index in [1.165, 1.54) is 24.4 Å². The van der Waals surface area contributed by atoms with E-state index in [4.69, 9.17) is 11.6 Å². The number of benzene rings is 2. The molecule has 0 aliphatic heterocycles. The highest BCUT2D eigenvalue weighted by molar-refractivity contribution is 7.92. The molecule has 0 saturated heterocycles. The molecule has 3 aromatic rings. The maximum atomic E-state index is 12.8. The molecule has 0 aliphatic carbocycles. The van der Waals surface area contributed by atoms with E-state index in [9.17, 15) is 18.5 Å². The Morgan fingerprint density at radius 3 is 2.57 bits per heavy atom. The first-order valence-corrected chi connectivity index (χ1v) is 9.88. The SMILES string of the molecule is Cc1ccc(Nc2ncccc2[N+](=O)[O-])cc1S(=O)(=O)Nc1ccccc1Cl. The van der Waals surface area contributed by atoms with Gasteiger partial charge in [0.2, 0.25) is 5.82 Å². The van der Waals surface area contributed by atoms with E-state index in [-0.39, 0.29) is 27.1 Å². The molecule has 0 amide bonds. The van der Waals surface area contributed by atoms with Crippen molar-refractivity contribution in [3.63, 3.8) is 0 Å². The topological polar surface area (TPSA) is 114 Å². The van der Waals surface area contributed by atoms with E-state index >= 15 is 0 Å². The summed E-state index contributed by atoms with van der Waals surface area (Å²) < 4.78 is 28.1. The molecular weight excluding hydrogens is 404 g/mol. The second kappa shape index (κ2) is 7.83. The minimum Gasteiger partial charge on any atom is -0.334 e. The largest absolute Gasteiger partial charge is 0.334 e. The van der Waals surface area contributed by atoms with E-state index in [1.807, 2.05) is 0 Å². The van der Waals surface area contributed by atoms with Crippen LogP contribution in [0.3, 0.4) is 0 Å². The van der Waals surface area contributed by atoms with Crippen LogP contribution in [-0.2, 0) is 10.0 Å². The molecule has 0 saturated carbocycles. The molecule has 0 radical (unpaired) electrons. The summed E-state index contributed by atoms with van der Waals surface area (Å²) in [5, 5.41) is 14.2. The summed E-state index contributed by atoms with van der Waals surface area (Å²) in [7, 11) is -3.94. The van der Waals surface area contributed by atoms with Gasteiger partial charge in [-0.05, 0) is 42.8 Å². The Morgan fingerprint density at radius 1 is 1.11 bits per heavy atom. The molecule has 10 heteroatoms. The molecule has 8 nitrogen and oxygen atoms in total. The van der Waals surface area contributed by atoms with Crippen LogP contribution >= 0.6 is 11.6 Å². The summed E-state index contributed by atoms with van der Waals surface area (Å²) in [6.07, 6.45) is 1.40. The molecular formula is C18H15ClN4O4S. The Morgan fingerprint density at radius 2 is 1.86 bits per heavy atom. The molecule has 0 atom stereocenters. The Hall–Kier alpha value is -3.17. The third kappa shape index (κ3) is 4.21. The second-order valence-corrected chi connectivity index (χ2v) is 7.88. The Balaban J connectivity index is 1.96. The molecule has 1 heterocycles. The van der Waals surface area contributed by atoms with Gasteiger partial charge >= 0.3 is 5.69 Å². The molecule has 144 valence electrons. The van der Waals surface area contributed by atoms with E-state index in [0.29, 0.717) is 11.3 Å². The number of halogens is 1. The number of nitrogens with zero attached hydrogens (tertiary/aromatic N) is 2. The van der Waals surface area contributed by atoms with Crippen molar-refractivity contribution in [3.8, 4) is 0 Å². The van der Waals surface area contributed by atoms with Crippen molar-refractivity contribution >= 4 is 44.5 Å². The van der Waals surface area contributed by atoms with Crippen LogP contribution in [0.1, 0.15) is 5.56 Å². The van der Waals surface area contributed by atoms with Crippen molar-refractivity contribution in [3.05, 3.63) is 81.5 Å². The number of pyridine rings is 1. The smallest absolute Gasteiger partial charge is 0.311 e. The summed E-state index contributed by atoms with van der Waals surface area (Å²) in [5.74, 6) is 0.0127. The summed E-state index contributed by atoms with van der Waals surface area (Å²) >= 11 is 6.03. The Bertz CT molecular complexity index is 1150. The molecule has 3 rings (SSSR count). The summed E-state index contributed by atoms with van der Waals surface area (Å²) in [6, 6.07) is 13.8. The van der Waals surface area contributed by atoms with Crippen molar-refractivity contribution in [1.82, 2.24) is 4.98 Å². The molecule has 2 aromatic carbocycles.